The van der Waals surface area contributed by atoms with Crippen molar-refractivity contribution in [3.8, 4) is 0 Å². The second kappa shape index (κ2) is 4.89. The number of hydrogen-bond donors (Lipinski definition) is 0. The Morgan fingerprint density at radius 3 is 3.20 bits per heavy atom. The first-order chi connectivity index (χ1) is 7.36. The number of rotatable bonds is 3. The van der Waals surface area contributed by atoms with Gasteiger partial charge in [-0.25, -0.2) is 5.06 Å². The van der Waals surface area contributed by atoms with E-state index in [4.69, 9.17) is 4.84 Å². The molecule has 0 bridgehead atoms. The molecule has 0 N–H and O–H groups in total. The summed E-state index contributed by atoms with van der Waals surface area (Å²) in [7, 11) is 0. The lowest BCUT2D eigenvalue weighted by molar-refractivity contribution is -0.168. The Morgan fingerprint density at radius 2 is 2.53 bits per heavy atom. The van der Waals surface area contributed by atoms with E-state index in [1.165, 1.54) is 5.06 Å². The van der Waals surface area contributed by atoms with Gasteiger partial charge in [0.15, 0.2) is 0 Å². The van der Waals surface area contributed by atoms with Crippen molar-refractivity contribution in [1.82, 2.24) is 10.0 Å². The monoisotopic (exact) mass is 206 g/mol. The number of nitrogens with zero attached hydrogens (tertiary/aromatic N) is 2. The molecule has 0 unspecified atom stereocenters. The Kier molecular flexibility index (Phi) is 3.29. The van der Waals surface area contributed by atoms with Crippen molar-refractivity contribution in [2.75, 3.05) is 13.2 Å². The van der Waals surface area contributed by atoms with E-state index in [-0.39, 0.29) is 5.91 Å². The highest BCUT2D eigenvalue weighted by atomic mass is 16.7. The molecule has 2 rings (SSSR count). The van der Waals surface area contributed by atoms with Crippen LogP contribution in [0.5, 0.6) is 0 Å². The average molecular weight is 206 g/mol. The van der Waals surface area contributed by atoms with Gasteiger partial charge < -0.3 is 0 Å². The molecule has 1 aromatic rings. The van der Waals surface area contributed by atoms with E-state index < -0.39 is 0 Å². The topological polar surface area (TPSA) is 42.4 Å². The molecular formula is C11H14N2O2. The fourth-order valence-electron chi connectivity index (χ4n) is 1.57. The van der Waals surface area contributed by atoms with Crippen LogP contribution in [-0.4, -0.2) is 29.1 Å². The van der Waals surface area contributed by atoms with E-state index in [9.17, 15) is 4.79 Å². The zero-order valence-corrected chi connectivity index (χ0v) is 8.56. The van der Waals surface area contributed by atoms with Gasteiger partial charge in [0, 0.05) is 18.8 Å². The van der Waals surface area contributed by atoms with E-state index in [0.717, 1.165) is 24.9 Å². The van der Waals surface area contributed by atoms with Gasteiger partial charge in [0.05, 0.1) is 13.2 Å². The summed E-state index contributed by atoms with van der Waals surface area (Å²) in [5.74, 6) is 0.0661. The lowest BCUT2D eigenvalue weighted by Gasteiger charge is -2.13. The summed E-state index contributed by atoms with van der Waals surface area (Å²) in [4.78, 5) is 20.8. The fourth-order valence-corrected chi connectivity index (χ4v) is 1.57. The minimum atomic E-state index is 0.0661. The molecule has 0 aliphatic carbocycles. The molecule has 1 fully saturated rings. The van der Waals surface area contributed by atoms with Crippen molar-refractivity contribution in [3.63, 3.8) is 0 Å². The summed E-state index contributed by atoms with van der Waals surface area (Å²) in [6.45, 7) is 1.39. The van der Waals surface area contributed by atoms with Crippen LogP contribution in [0, 0.1) is 0 Å². The number of aromatic nitrogens is 1. The first kappa shape index (κ1) is 10.1. The van der Waals surface area contributed by atoms with Gasteiger partial charge in [-0.15, -0.1) is 0 Å². The molecule has 0 atom stereocenters. The largest absolute Gasteiger partial charge is 0.273 e. The summed E-state index contributed by atoms with van der Waals surface area (Å²) in [5, 5.41) is 1.47. The fraction of sp³-hybridized carbons (Fsp3) is 0.455. The van der Waals surface area contributed by atoms with Crippen LogP contribution in [0.2, 0.25) is 0 Å². The van der Waals surface area contributed by atoms with Gasteiger partial charge in [-0.2, -0.15) is 0 Å². The SMILES string of the molecule is O=C(CCc1cccnc1)N1CCCO1. The molecule has 1 amide bonds. The van der Waals surface area contributed by atoms with Gasteiger partial charge in [-0.05, 0) is 24.5 Å². The number of pyridine rings is 1. The molecule has 0 saturated carbocycles. The molecule has 0 aromatic carbocycles. The maximum absolute atomic E-state index is 11.6. The lowest BCUT2D eigenvalue weighted by atomic mass is 10.1. The molecule has 4 nitrogen and oxygen atoms in total. The van der Waals surface area contributed by atoms with Crippen molar-refractivity contribution in [1.29, 1.82) is 0 Å². The molecule has 1 aliphatic rings. The van der Waals surface area contributed by atoms with Gasteiger partial charge in [-0.1, -0.05) is 6.07 Å². The Labute approximate surface area is 88.8 Å². The van der Waals surface area contributed by atoms with Gasteiger partial charge >= 0.3 is 0 Å². The van der Waals surface area contributed by atoms with Crippen LogP contribution in [0.4, 0.5) is 0 Å². The molecule has 1 aromatic heterocycles. The zero-order valence-electron chi connectivity index (χ0n) is 8.56. The highest BCUT2D eigenvalue weighted by Crippen LogP contribution is 2.08. The summed E-state index contributed by atoms with van der Waals surface area (Å²) >= 11 is 0. The minimum absolute atomic E-state index is 0.0661. The van der Waals surface area contributed by atoms with Crippen LogP contribution in [0.15, 0.2) is 24.5 Å². The molecule has 0 radical (unpaired) electrons. The molecule has 1 aliphatic heterocycles. The van der Waals surface area contributed by atoms with Gasteiger partial charge in [0.2, 0.25) is 5.91 Å². The molecule has 1 saturated heterocycles. The van der Waals surface area contributed by atoms with Crippen LogP contribution in [0.25, 0.3) is 0 Å². The maximum Gasteiger partial charge on any atom is 0.246 e. The number of hydrogen-bond acceptors (Lipinski definition) is 3. The van der Waals surface area contributed by atoms with Gasteiger partial charge in [-0.3, -0.25) is 14.6 Å². The normalized spacial score (nSPS) is 15.6. The van der Waals surface area contributed by atoms with Crippen LogP contribution < -0.4 is 0 Å². The van der Waals surface area contributed by atoms with Gasteiger partial charge in [0.1, 0.15) is 0 Å². The number of aryl methyl sites for hydroxylation is 1. The standard InChI is InChI=1S/C11H14N2O2/c14-11(13-7-2-8-15-13)5-4-10-3-1-6-12-9-10/h1,3,6,9H,2,4-5,7-8H2. The Bertz CT molecular complexity index is 321. The van der Waals surface area contributed by atoms with Crippen molar-refractivity contribution in [2.45, 2.75) is 19.3 Å². The quantitative estimate of drug-likeness (QED) is 0.745. The van der Waals surface area contributed by atoms with E-state index >= 15 is 0 Å². The summed E-state index contributed by atoms with van der Waals surface area (Å²) in [6, 6.07) is 3.86. The first-order valence-corrected chi connectivity index (χ1v) is 5.18. The van der Waals surface area contributed by atoms with Crippen molar-refractivity contribution in [3.05, 3.63) is 30.1 Å². The lowest BCUT2D eigenvalue weighted by Crippen LogP contribution is -2.26. The second-order valence-corrected chi connectivity index (χ2v) is 3.54. The molecule has 4 heteroatoms. The Morgan fingerprint density at radius 1 is 1.60 bits per heavy atom. The molecule has 2 heterocycles. The van der Waals surface area contributed by atoms with E-state index in [2.05, 4.69) is 4.98 Å². The number of carbonyl (C=O) groups excluding carboxylic acids is 1. The predicted octanol–water partition coefficient (Wildman–Crippen LogP) is 1.18. The minimum Gasteiger partial charge on any atom is -0.273 e. The molecular weight excluding hydrogens is 192 g/mol. The summed E-state index contributed by atoms with van der Waals surface area (Å²) < 4.78 is 0. The van der Waals surface area contributed by atoms with Crippen LogP contribution in [0.3, 0.4) is 0 Å². The predicted molar refractivity (Wildman–Crippen MR) is 54.8 cm³/mol. The Balaban J connectivity index is 1.80. The van der Waals surface area contributed by atoms with Crippen molar-refractivity contribution in [2.24, 2.45) is 0 Å². The third-order valence-electron chi connectivity index (χ3n) is 2.38. The highest BCUT2D eigenvalue weighted by Gasteiger charge is 2.18. The zero-order chi connectivity index (χ0) is 10.5. The van der Waals surface area contributed by atoms with Gasteiger partial charge in [0.25, 0.3) is 0 Å². The Hall–Kier alpha value is -1.42. The van der Waals surface area contributed by atoms with Crippen LogP contribution in [-0.2, 0) is 16.1 Å². The van der Waals surface area contributed by atoms with Crippen molar-refractivity contribution < 1.29 is 9.63 Å². The second-order valence-electron chi connectivity index (χ2n) is 3.54. The number of carbonyl (C=O) groups is 1. The van der Waals surface area contributed by atoms with Crippen molar-refractivity contribution >= 4 is 5.91 Å². The smallest absolute Gasteiger partial charge is 0.246 e. The molecule has 15 heavy (non-hydrogen) atoms. The first-order valence-electron chi connectivity index (χ1n) is 5.18. The number of hydroxylamine groups is 2. The third-order valence-corrected chi connectivity index (χ3v) is 2.38. The molecule has 80 valence electrons. The molecule has 0 spiro atoms. The van der Waals surface area contributed by atoms with E-state index in [1.807, 2.05) is 12.1 Å². The number of amides is 1. The van der Waals surface area contributed by atoms with Crippen LogP contribution in [0.1, 0.15) is 18.4 Å². The average Bonchev–Trinajstić information content (AvgIpc) is 2.81. The third kappa shape index (κ3) is 2.76. The summed E-state index contributed by atoms with van der Waals surface area (Å²) in [6.07, 6.45) is 5.68. The van der Waals surface area contributed by atoms with E-state index in [1.54, 1.807) is 12.4 Å². The maximum atomic E-state index is 11.6. The van der Waals surface area contributed by atoms with Crippen LogP contribution >= 0.6 is 0 Å². The highest BCUT2D eigenvalue weighted by molar-refractivity contribution is 5.75. The summed E-state index contributed by atoms with van der Waals surface area (Å²) in [5.41, 5.74) is 1.09. The van der Waals surface area contributed by atoms with E-state index in [0.29, 0.717) is 13.0 Å².